The van der Waals surface area contributed by atoms with Crippen LogP contribution in [0.1, 0.15) is 41.8 Å². The standard InChI is InChI=1S/C24H25BrN2O3S2/c1-27(32(29,30)21-10-7-19(25)8-11-21)20-9-12-22-18(15-20)16-23(31-22)24(28)26-14-13-17-5-3-2-4-6-17/h5,7-12,15-16H,2-4,6,13-14H2,1H3,(H,26,28). The van der Waals surface area contributed by atoms with Crippen molar-refractivity contribution in [2.24, 2.45) is 0 Å². The maximum absolute atomic E-state index is 13.0. The summed E-state index contributed by atoms with van der Waals surface area (Å²) in [6, 6.07) is 13.8. The Morgan fingerprint density at radius 3 is 2.62 bits per heavy atom. The van der Waals surface area contributed by atoms with Crippen LogP contribution >= 0.6 is 27.3 Å². The Kier molecular flexibility index (Phi) is 7.02. The zero-order chi connectivity index (χ0) is 22.7. The number of anilines is 1. The molecule has 1 heterocycles. The van der Waals surface area contributed by atoms with E-state index < -0.39 is 10.0 Å². The summed E-state index contributed by atoms with van der Waals surface area (Å²) < 4.78 is 29.0. The number of halogens is 1. The number of carbonyl (C=O) groups excluding carboxylic acids is 1. The van der Waals surface area contributed by atoms with Gasteiger partial charge in [0.2, 0.25) is 0 Å². The molecule has 3 aromatic rings. The summed E-state index contributed by atoms with van der Waals surface area (Å²) in [5.41, 5.74) is 1.99. The number of fused-ring (bicyclic) bond motifs is 1. The molecule has 2 aromatic carbocycles. The fraction of sp³-hybridized carbons (Fsp3) is 0.292. The van der Waals surface area contributed by atoms with E-state index in [4.69, 9.17) is 0 Å². The molecule has 0 atom stereocenters. The van der Waals surface area contributed by atoms with Crippen molar-refractivity contribution in [1.82, 2.24) is 5.32 Å². The number of carbonyl (C=O) groups is 1. The van der Waals surface area contributed by atoms with Crippen molar-refractivity contribution in [3.05, 3.63) is 69.5 Å². The average Bonchev–Trinajstić information content (AvgIpc) is 3.23. The van der Waals surface area contributed by atoms with Crippen LogP contribution in [-0.4, -0.2) is 27.9 Å². The van der Waals surface area contributed by atoms with E-state index in [0.717, 1.165) is 33.8 Å². The van der Waals surface area contributed by atoms with Crippen molar-refractivity contribution >= 4 is 59.0 Å². The van der Waals surface area contributed by atoms with Gasteiger partial charge in [0.25, 0.3) is 15.9 Å². The Bertz CT molecular complexity index is 1260. The van der Waals surface area contributed by atoms with Crippen LogP contribution in [0.4, 0.5) is 5.69 Å². The van der Waals surface area contributed by atoms with E-state index in [1.807, 2.05) is 18.2 Å². The Morgan fingerprint density at radius 2 is 1.91 bits per heavy atom. The zero-order valence-corrected chi connectivity index (χ0v) is 21.0. The molecule has 32 heavy (non-hydrogen) atoms. The summed E-state index contributed by atoms with van der Waals surface area (Å²) in [4.78, 5) is 13.5. The molecule has 0 radical (unpaired) electrons. The minimum atomic E-state index is -3.68. The lowest BCUT2D eigenvalue weighted by molar-refractivity contribution is 0.0958. The van der Waals surface area contributed by atoms with Crippen molar-refractivity contribution in [2.45, 2.75) is 37.0 Å². The molecule has 1 aliphatic rings. The molecule has 8 heteroatoms. The summed E-state index contributed by atoms with van der Waals surface area (Å²) >= 11 is 4.75. The number of sulfonamides is 1. The van der Waals surface area contributed by atoms with E-state index in [2.05, 4.69) is 27.3 Å². The highest BCUT2D eigenvalue weighted by Crippen LogP contribution is 2.31. The van der Waals surface area contributed by atoms with E-state index in [-0.39, 0.29) is 10.8 Å². The number of amides is 1. The van der Waals surface area contributed by atoms with E-state index in [1.165, 1.54) is 34.1 Å². The number of allylic oxidation sites excluding steroid dienone is 1. The Labute approximate surface area is 201 Å². The highest BCUT2D eigenvalue weighted by molar-refractivity contribution is 9.10. The Hall–Kier alpha value is -2.16. The second-order valence-corrected chi connectivity index (χ2v) is 11.8. The maximum Gasteiger partial charge on any atom is 0.264 e. The lowest BCUT2D eigenvalue weighted by Gasteiger charge is -2.19. The fourth-order valence-corrected chi connectivity index (χ4v) is 6.21. The number of benzene rings is 2. The first-order valence-corrected chi connectivity index (χ1v) is 13.6. The highest BCUT2D eigenvalue weighted by atomic mass is 79.9. The van der Waals surface area contributed by atoms with Crippen molar-refractivity contribution in [2.75, 3.05) is 17.9 Å². The van der Waals surface area contributed by atoms with Gasteiger partial charge in [-0.25, -0.2) is 8.42 Å². The molecule has 0 aliphatic heterocycles. The number of nitrogens with zero attached hydrogens (tertiary/aromatic N) is 1. The third-order valence-corrected chi connectivity index (χ3v) is 9.12. The van der Waals surface area contributed by atoms with Gasteiger partial charge in [0, 0.05) is 22.8 Å². The van der Waals surface area contributed by atoms with Gasteiger partial charge in [0.1, 0.15) is 0 Å². The highest BCUT2D eigenvalue weighted by Gasteiger charge is 2.22. The summed E-state index contributed by atoms with van der Waals surface area (Å²) in [7, 11) is -2.14. The smallest absolute Gasteiger partial charge is 0.264 e. The third kappa shape index (κ3) is 5.08. The van der Waals surface area contributed by atoms with Crippen LogP contribution in [-0.2, 0) is 10.0 Å². The maximum atomic E-state index is 13.0. The van der Waals surface area contributed by atoms with Gasteiger partial charge < -0.3 is 5.32 Å². The average molecular weight is 534 g/mol. The number of thiophene rings is 1. The summed E-state index contributed by atoms with van der Waals surface area (Å²) in [5.74, 6) is -0.0833. The summed E-state index contributed by atoms with van der Waals surface area (Å²) in [5, 5.41) is 3.87. The van der Waals surface area contributed by atoms with Gasteiger partial charge in [-0.2, -0.15) is 0 Å². The first-order valence-electron chi connectivity index (χ1n) is 10.6. The molecule has 0 saturated heterocycles. The minimum absolute atomic E-state index is 0.0833. The van der Waals surface area contributed by atoms with Gasteiger partial charge in [-0.1, -0.05) is 27.6 Å². The number of rotatable bonds is 7. The number of hydrogen-bond donors (Lipinski definition) is 1. The van der Waals surface area contributed by atoms with E-state index in [9.17, 15) is 13.2 Å². The molecule has 1 aliphatic carbocycles. The Balaban J connectivity index is 1.48. The van der Waals surface area contributed by atoms with E-state index in [0.29, 0.717) is 17.1 Å². The minimum Gasteiger partial charge on any atom is -0.351 e. The molecule has 5 nitrogen and oxygen atoms in total. The lowest BCUT2D eigenvalue weighted by atomic mass is 9.97. The fourth-order valence-electron chi connectivity index (χ4n) is 3.80. The molecule has 168 valence electrons. The van der Waals surface area contributed by atoms with Crippen molar-refractivity contribution < 1.29 is 13.2 Å². The quantitative estimate of drug-likeness (QED) is 0.373. The van der Waals surface area contributed by atoms with Crippen molar-refractivity contribution in [1.29, 1.82) is 0 Å². The first kappa shape index (κ1) is 23.0. The first-order chi connectivity index (χ1) is 15.3. The topological polar surface area (TPSA) is 66.5 Å². The van der Waals surface area contributed by atoms with Crippen LogP contribution in [0.15, 0.2) is 69.5 Å². The second kappa shape index (κ2) is 9.77. The molecule has 0 spiro atoms. The molecule has 0 saturated carbocycles. The molecule has 0 fully saturated rings. The zero-order valence-electron chi connectivity index (χ0n) is 17.8. The van der Waals surface area contributed by atoms with Crippen LogP contribution < -0.4 is 9.62 Å². The van der Waals surface area contributed by atoms with E-state index in [1.54, 1.807) is 37.4 Å². The van der Waals surface area contributed by atoms with Crippen LogP contribution in [0.25, 0.3) is 10.1 Å². The predicted octanol–water partition coefficient (Wildman–Crippen LogP) is 6.11. The molecule has 0 unspecified atom stereocenters. The van der Waals surface area contributed by atoms with Crippen LogP contribution in [0.2, 0.25) is 0 Å². The number of nitrogens with one attached hydrogen (secondary N) is 1. The second-order valence-electron chi connectivity index (χ2n) is 7.87. The largest absolute Gasteiger partial charge is 0.351 e. The molecule has 0 bridgehead atoms. The van der Waals surface area contributed by atoms with Gasteiger partial charge in [-0.05, 0) is 86.0 Å². The van der Waals surface area contributed by atoms with Gasteiger partial charge >= 0.3 is 0 Å². The molecular weight excluding hydrogens is 508 g/mol. The van der Waals surface area contributed by atoms with Gasteiger partial charge in [-0.15, -0.1) is 11.3 Å². The Morgan fingerprint density at radius 1 is 1.12 bits per heavy atom. The van der Waals surface area contributed by atoms with Crippen LogP contribution in [0.5, 0.6) is 0 Å². The molecule has 1 aromatic heterocycles. The molecule has 4 rings (SSSR count). The number of hydrogen-bond acceptors (Lipinski definition) is 4. The molecular formula is C24H25BrN2O3S2. The lowest BCUT2D eigenvalue weighted by Crippen LogP contribution is -2.26. The van der Waals surface area contributed by atoms with Gasteiger partial charge in [0.05, 0.1) is 15.5 Å². The summed E-state index contributed by atoms with van der Waals surface area (Å²) in [6.07, 6.45) is 7.99. The SMILES string of the molecule is CN(c1ccc2sc(C(=O)NCCC3=CCCCC3)cc2c1)S(=O)(=O)c1ccc(Br)cc1. The van der Waals surface area contributed by atoms with Crippen molar-refractivity contribution in [3.63, 3.8) is 0 Å². The summed E-state index contributed by atoms with van der Waals surface area (Å²) in [6.45, 7) is 0.637. The van der Waals surface area contributed by atoms with E-state index >= 15 is 0 Å². The van der Waals surface area contributed by atoms with Crippen LogP contribution in [0, 0.1) is 0 Å². The van der Waals surface area contributed by atoms with Gasteiger partial charge in [0.15, 0.2) is 0 Å². The molecule has 1 amide bonds. The molecule has 1 N–H and O–H groups in total. The monoisotopic (exact) mass is 532 g/mol. The van der Waals surface area contributed by atoms with Crippen LogP contribution in [0.3, 0.4) is 0 Å². The van der Waals surface area contributed by atoms with Crippen molar-refractivity contribution in [3.8, 4) is 0 Å². The predicted molar refractivity (Wildman–Crippen MR) is 135 cm³/mol. The van der Waals surface area contributed by atoms with Gasteiger partial charge in [-0.3, -0.25) is 9.10 Å². The normalized spacial score (nSPS) is 14.2. The third-order valence-electron chi connectivity index (χ3n) is 5.68.